The minimum Gasteiger partial charge on any atom is -0.497 e. The number of aryl methyl sites for hydroxylation is 1. The number of nitrogens with zero attached hydrogens (tertiary/aromatic N) is 4. The summed E-state index contributed by atoms with van der Waals surface area (Å²) in [6, 6.07) is 13.7. The summed E-state index contributed by atoms with van der Waals surface area (Å²) in [5.41, 5.74) is 2.99. The smallest absolute Gasteiger partial charge is 0.255 e. The van der Waals surface area contributed by atoms with Crippen LogP contribution >= 0.6 is 11.5 Å². The molecular weight excluding hydrogens is 450 g/mol. The van der Waals surface area contributed by atoms with E-state index in [1.165, 1.54) is 22.7 Å². The topological polar surface area (TPSA) is 79.8 Å². The maximum atomic E-state index is 12.6. The Kier molecular flexibility index (Phi) is 7.97. The lowest BCUT2D eigenvalue weighted by atomic mass is 10.1. The van der Waals surface area contributed by atoms with Gasteiger partial charge < -0.3 is 19.7 Å². The number of rotatable bonds is 9. The maximum Gasteiger partial charge on any atom is 0.255 e. The van der Waals surface area contributed by atoms with Crippen molar-refractivity contribution in [3.63, 3.8) is 0 Å². The van der Waals surface area contributed by atoms with E-state index >= 15 is 0 Å². The molecule has 1 aliphatic heterocycles. The molecule has 1 saturated heterocycles. The standard InChI is InChI=1S/C25H31N5O3S/c1-18-4-6-19(7-5-18)16-23-27-25(34-28-23)30-14-12-29(13-15-30)11-10-26-24(31)21-9-8-20(32-2)17-22(21)33-3/h4-9,17H,10-16H2,1-3H3,(H,26,31). The molecule has 0 radical (unpaired) electrons. The monoisotopic (exact) mass is 481 g/mol. The highest BCUT2D eigenvalue weighted by Gasteiger charge is 2.20. The minimum absolute atomic E-state index is 0.145. The quantitative estimate of drug-likeness (QED) is 0.503. The molecule has 2 heterocycles. The van der Waals surface area contributed by atoms with Crippen LogP contribution in [-0.2, 0) is 6.42 Å². The number of piperazine rings is 1. The molecule has 2 aromatic carbocycles. The van der Waals surface area contributed by atoms with Gasteiger partial charge in [0.1, 0.15) is 17.3 Å². The molecule has 34 heavy (non-hydrogen) atoms. The van der Waals surface area contributed by atoms with E-state index in [0.717, 1.165) is 50.1 Å². The van der Waals surface area contributed by atoms with Gasteiger partial charge in [-0.1, -0.05) is 29.8 Å². The van der Waals surface area contributed by atoms with Crippen LogP contribution in [0, 0.1) is 6.92 Å². The first-order valence-corrected chi connectivity index (χ1v) is 12.2. The number of ether oxygens (including phenoxy) is 2. The molecule has 0 aliphatic carbocycles. The van der Waals surface area contributed by atoms with Gasteiger partial charge in [-0.2, -0.15) is 4.37 Å². The molecule has 0 spiro atoms. The van der Waals surface area contributed by atoms with Crippen LogP contribution in [0.1, 0.15) is 27.3 Å². The normalized spacial score (nSPS) is 14.1. The molecule has 0 unspecified atom stereocenters. The number of nitrogens with one attached hydrogen (secondary N) is 1. The van der Waals surface area contributed by atoms with Gasteiger partial charge in [0.2, 0.25) is 5.13 Å². The first-order chi connectivity index (χ1) is 16.6. The Morgan fingerprint density at radius 1 is 1.06 bits per heavy atom. The Balaban J connectivity index is 1.21. The number of benzene rings is 2. The van der Waals surface area contributed by atoms with Crippen molar-refractivity contribution in [3.8, 4) is 11.5 Å². The summed E-state index contributed by atoms with van der Waals surface area (Å²) >= 11 is 1.47. The van der Waals surface area contributed by atoms with Gasteiger partial charge in [-0.05, 0) is 24.6 Å². The number of anilines is 1. The summed E-state index contributed by atoms with van der Waals surface area (Å²) in [7, 11) is 3.14. The van der Waals surface area contributed by atoms with Crippen LogP contribution in [0.15, 0.2) is 42.5 Å². The Hall–Kier alpha value is -3.17. The second-order valence-corrected chi connectivity index (χ2v) is 9.04. The summed E-state index contributed by atoms with van der Waals surface area (Å²) in [6.07, 6.45) is 0.759. The summed E-state index contributed by atoms with van der Waals surface area (Å²) in [4.78, 5) is 22.0. The average molecular weight is 482 g/mol. The summed E-state index contributed by atoms with van der Waals surface area (Å²) < 4.78 is 15.1. The molecule has 1 aromatic heterocycles. The predicted molar refractivity (Wildman–Crippen MR) is 134 cm³/mol. The lowest BCUT2D eigenvalue weighted by molar-refractivity contribution is 0.0944. The number of aromatic nitrogens is 2. The first-order valence-electron chi connectivity index (χ1n) is 11.4. The summed E-state index contributed by atoms with van der Waals surface area (Å²) in [5, 5.41) is 3.98. The van der Waals surface area contributed by atoms with Crippen LogP contribution < -0.4 is 19.7 Å². The zero-order valence-electron chi connectivity index (χ0n) is 19.9. The highest BCUT2D eigenvalue weighted by atomic mass is 32.1. The molecule has 0 saturated carbocycles. The Bertz CT molecular complexity index is 1090. The number of carbonyl (C=O) groups is 1. The van der Waals surface area contributed by atoms with Gasteiger partial charge in [0, 0.05) is 63.3 Å². The van der Waals surface area contributed by atoms with Crippen LogP contribution in [0.4, 0.5) is 5.13 Å². The van der Waals surface area contributed by atoms with Gasteiger partial charge in [0.25, 0.3) is 5.91 Å². The second-order valence-electron chi connectivity index (χ2n) is 8.31. The van der Waals surface area contributed by atoms with Gasteiger partial charge in [0.15, 0.2) is 0 Å². The van der Waals surface area contributed by atoms with Crippen molar-refractivity contribution in [3.05, 3.63) is 65.0 Å². The van der Waals surface area contributed by atoms with E-state index in [4.69, 9.17) is 14.5 Å². The first kappa shape index (κ1) is 24.0. The minimum atomic E-state index is -0.145. The molecule has 0 bridgehead atoms. The van der Waals surface area contributed by atoms with Crippen LogP contribution in [0.2, 0.25) is 0 Å². The fourth-order valence-electron chi connectivity index (χ4n) is 3.91. The Morgan fingerprint density at radius 3 is 2.53 bits per heavy atom. The van der Waals surface area contributed by atoms with Crippen molar-refractivity contribution >= 4 is 22.6 Å². The molecule has 1 amide bonds. The molecule has 3 aromatic rings. The van der Waals surface area contributed by atoms with E-state index in [9.17, 15) is 4.79 Å². The highest BCUT2D eigenvalue weighted by molar-refractivity contribution is 7.09. The van der Waals surface area contributed by atoms with Gasteiger partial charge >= 0.3 is 0 Å². The van der Waals surface area contributed by atoms with E-state index in [1.807, 2.05) is 0 Å². The Labute approximate surface area is 204 Å². The van der Waals surface area contributed by atoms with Crippen LogP contribution in [-0.4, -0.2) is 73.7 Å². The van der Waals surface area contributed by atoms with E-state index < -0.39 is 0 Å². The van der Waals surface area contributed by atoms with E-state index in [-0.39, 0.29) is 5.91 Å². The molecule has 4 rings (SSSR count). The molecule has 9 heteroatoms. The molecule has 180 valence electrons. The van der Waals surface area contributed by atoms with Crippen molar-refractivity contribution in [2.45, 2.75) is 13.3 Å². The largest absolute Gasteiger partial charge is 0.497 e. The molecule has 1 N–H and O–H groups in total. The zero-order chi connectivity index (χ0) is 23.9. The molecule has 1 aliphatic rings. The van der Waals surface area contributed by atoms with Gasteiger partial charge in [0.05, 0.1) is 19.8 Å². The van der Waals surface area contributed by atoms with Crippen LogP contribution in [0.3, 0.4) is 0 Å². The van der Waals surface area contributed by atoms with Crippen molar-refractivity contribution in [2.75, 3.05) is 58.4 Å². The predicted octanol–water partition coefficient (Wildman–Crippen LogP) is 3.01. The summed E-state index contributed by atoms with van der Waals surface area (Å²) in [6.45, 7) is 7.12. The molecular formula is C25H31N5O3S. The third-order valence-corrected chi connectivity index (χ3v) is 6.76. The van der Waals surface area contributed by atoms with Crippen molar-refractivity contribution in [2.24, 2.45) is 0 Å². The number of hydrogen-bond acceptors (Lipinski definition) is 8. The lowest BCUT2D eigenvalue weighted by Gasteiger charge is -2.34. The molecule has 0 atom stereocenters. The summed E-state index contributed by atoms with van der Waals surface area (Å²) in [5.74, 6) is 1.89. The number of carbonyl (C=O) groups excluding carboxylic acids is 1. The third kappa shape index (κ3) is 6.03. The SMILES string of the molecule is COc1ccc(C(=O)NCCN2CCN(c3nc(Cc4ccc(C)cc4)ns3)CC2)c(OC)c1. The fraction of sp³-hybridized carbons (Fsp3) is 0.400. The van der Waals surface area contributed by atoms with Crippen LogP contribution in [0.25, 0.3) is 0 Å². The van der Waals surface area contributed by atoms with Crippen molar-refractivity contribution < 1.29 is 14.3 Å². The third-order valence-electron chi connectivity index (χ3n) is 5.95. The van der Waals surface area contributed by atoms with Gasteiger partial charge in [-0.15, -0.1) is 0 Å². The van der Waals surface area contributed by atoms with E-state index in [0.29, 0.717) is 23.6 Å². The van der Waals surface area contributed by atoms with E-state index in [2.05, 4.69) is 50.7 Å². The van der Waals surface area contributed by atoms with Gasteiger partial charge in [-0.25, -0.2) is 4.98 Å². The number of amides is 1. The van der Waals surface area contributed by atoms with Gasteiger partial charge in [-0.3, -0.25) is 9.69 Å². The average Bonchev–Trinajstić information content (AvgIpc) is 3.33. The fourth-order valence-corrected chi connectivity index (χ4v) is 4.64. The Morgan fingerprint density at radius 2 is 1.82 bits per heavy atom. The maximum absolute atomic E-state index is 12.6. The highest BCUT2D eigenvalue weighted by Crippen LogP contribution is 2.24. The van der Waals surface area contributed by atoms with Crippen LogP contribution in [0.5, 0.6) is 11.5 Å². The lowest BCUT2D eigenvalue weighted by Crippen LogP contribution is -2.48. The van der Waals surface area contributed by atoms with Crippen molar-refractivity contribution in [1.82, 2.24) is 19.6 Å². The van der Waals surface area contributed by atoms with E-state index in [1.54, 1.807) is 32.4 Å². The molecule has 1 fully saturated rings. The number of methoxy groups -OCH3 is 2. The zero-order valence-corrected chi connectivity index (χ0v) is 20.7. The van der Waals surface area contributed by atoms with Crippen molar-refractivity contribution in [1.29, 1.82) is 0 Å². The second kappa shape index (κ2) is 11.3. The molecule has 8 nitrogen and oxygen atoms in total. The number of hydrogen-bond donors (Lipinski definition) is 1.